The Hall–Kier alpha value is -2.48. The van der Waals surface area contributed by atoms with Crippen LogP contribution in [0.4, 0.5) is 4.79 Å². The fraction of sp³-hybridized carbons (Fsp3) is 0.444. The van der Waals surface area contributed by atoms with Gasteiger partial charge in [0.25, 0.3) is 0 Å². The number of hydrogen-bond acceptors (Lipinski definition) is 4. The number of carbonyl (C=O) groups excluding carboxylic acids is 2. The molecule has 1 N–H and O–H groups in total. The molecule has 1 aromatic carbocycles. The maximum absolute atomic E-state index is 11.9. The fourth-order valence-corrected chi connectivity index (χ4v) is 1.75. The van der Waals surface area contributed by atoms with Crippen LogP contribution >= 0.6 is 0 Å². The van der Waals surface area contributed by atoms with Gasteiger partial charge in [-0.25, -0.2) is 9.59 Å². The van der Waals surface area contributed by atoms with Crippen LogP contribution in [-0.4, -0.2) is 30.3 Å². The highest BCUT2D eigenvalue weighted by Gasteiger charge is 2.19. The molecule has 0 aliphatic heterocycles. The molecule has 0 saturated heterocycles. The summed E-state index contributed by atoms with van der Waals surface area (Å²) in [6, 6.07) is 9.02. The minimum atomic E-state index is -0.614. The average Bonchev–Trinajstić information content (AvgIpc) is 2.44. The van der Waals surface area contributed by atoms with Gasteiger partial charge in [0.05, 0.1) is 12.6 Å². The van der Waals surface area contributed by atoms with Crippen molar-refractivity contribution in [2.24, 2.45) is 0 Å². The Morgan fingerprint density at radius 1 is 1.22 bits per heavy atom. The summed E-state index contributed by atoms with van der Waals surface area (Å²) in [5, 5.41) is 2.68. The molecule has 0 spiro atoms. The third-order valence-electron chi connectivity index (χ3n) is 2.60. The topological polar surface area (TPSA) is 64.6 Å². The van der Waals surface area contributed by atoms with E-state index < -0.39 is 23.7 Å². The van der Waals surface area contributed by atoms with Crippen molar-refractivity contribution in [1.29, 1.82) is 0 Å². The number of ether oxygens (including phenoxy) is 2. The van der Waals surface area contributed by atoms with E-state index >= 15 is 0 Å². The lowest BCUT2D eigenvalue weighted by molar-refractivity contribution is -0.136. The van der Waals surface area contributed by atoms with Gasteiger partial charge in [-0.15, -0.1) is 0 Å². The number of nitrogens with one attached hydrogen (secondary N) is 1. The molecular formula is C18H23NO4. The van der Waals surface area contributed by atoms with E-state index in [4.69, 9.17) is 9.47 Å². The quantitative estimate of drug-likeness (QED) is 0.527. The number of benzene rings is 1. The lowest BCUT2D eigenvalue weighted by atomic mass is 10.1. The van der Waals surface area contributed by atoms with E-state index in [0.29, 0.717) is 6.42 Å². The Morgan fingerprint density at radius 2 is 1.87 bits per heavy atom. The maximum atomic E-state index is 11.9. The summed E-state index contributed by atoms with van der Waals surface area (Å²) in [5.74, 6) is 4.51. The van der Waals surface area contributed by atoms with Gasteiger partial charge >= 0.3 is 12.1 Å². The van der Waals surface area contributed by atoms with Crippen LogP contribution in [0.2, 0.25) is 0 Å². The summed E-state index contributed by atoms with van der Waals surface area (Å²) < 4.78 is 10.00. The second-order valence-corrected chi connectivity index (χ2v) is 5.88. The summed E-state index contributed by atoms with van der Waals surface area (Å²) in [5.41, 5.74) is 0.391. The molecule has 0 fully saturated rings. The summed E-state index contributed by atoms with van der Waals surface area (Å²) >= 11 is 0. The Bertz CT molecular complexity index is 579. The van der Waals surface area contributed by atoms with E-state index in [9.17, 15) is 9.59 Å². The van der Waals surface area contributed by atoms with Gasteiger partial charge in [-0.1, -0.05) is 36.3 Å². The van der Waals surface area contributed by atoms with E-state index in [1.165, 1.54) is 0 Å². The molecule has 0 heterocycles. The van der Waals surface area contributed by atoms with Crippen molar-refractivity contribution in [3.05, 3.63) is 35.9 Å². The fourth-order valence-electron chi connectivity index (χ4n) is 1.75. The second kappa shape index (κ2) is 8.84. The van der Waals surface area contributed by atoms with E-state index in [0.717, 1.165) is 5.56 Å². The number of amides is 1. The first-order chi connectivity index (χ1) is 10.8. The standard InChI is InChI=1S/C18H23NO4/c1-5-22-16(20)12-11-15(13-14-9-7-6-8-10-14)19-17(21)23-18(2,3)4/h6-10,15H,5,13H2,1-4H3,(H,19,21)/t15-/m1/s1. The van der Waals surface area contributed by atoms with Crippen LogP contribution in [0, 0.1) is 11.8 Å². The van der Waals surface area contributed by atoms with Crippen molar-refractivity contribution in [2.45, 2.75) is 45.8 Å². The highest BCUT2D eigenvalue weighted by molar-refractivity contribution is 5.88. The molecule has 1 atom stereocenters. The van der Waals surface area contributed by atoms with Crippen molar-refractivity contribution < 1.29 is 19.1 Å². The van der Waals surface area contributed by atoms with Gasteiger partial charge in [0.2, 0.25) is 0 Å². The summed E-state index contributed by atoms with van der Waals surface area (Å²) in [6.45, 7) is 7.31. The number of carbonyl (C=O) groups is 2. The van der Waals surface area contributed by atoms with Crippen LogP contribution in [-0.2, 0) is 20.7 Å². The van der Waals surface area contributed by atoms with Gasteiger partial charge in [-0.2, -0.15) is 0 Å². The summed E-state index contributed by atoms with van der Waals surface area (Å²) in [4.78, 5) is 23.3. The maximum Gasteiger partial charge on any atom is 0.408 e. The molecule has 0 saturated carbocycles. The highest BCUT2D eigenvalue weighted by Crippen LogP contribution is 2.08. The van der Waals surface area contributed by atoms with Gasteiger partial charge in [0.1, 0.15) is 5.60 Å². The first-order valence-electron chi connectivity index (χ1n) is 7.52. The lowest BCUT2D eigenvalue weighted by Gasteiger charge is -2.21. The number of alkyl carbamates (subject to hydrolysis) is 1. The molecule has 0 aliphatic carbocycles. The molecule has 23 heavy (non-hydrogen) atoms. The zero-order valence-corrected chi connectivity index (χ0v) is 14.0. The Labute approximate surface area is 137 Å². The molecule has 0 radical (unpaired) electrons. The van der Waals surface area contributed by atoms with Gasteiger partial charge in [0, 0.05) is 12.3 Å². The van der Waals surface area contributed by atoms with Gasteiger partial charge in [-0.3, -0.25) is 0 Å². The molecule has 1 amide bonds. The van der Waals surface area contributed by atoms with Gasteiger partial charge in [0.15, 0.2) is 0 Å². The van der Waals surface area contributed by atoms with Gasteiger partial charge in [-0.05, 0) is 33.3 Å². The first kappa shape index (κ1) is 18.6. The van der Waals surface area contributed by atoms with Gasteiger partial charge < -0.3 is 14.8 Å². The van der Waals surface area contributed by atoms with Crippen molar-refractivity contribution in [3.8, 4) is 11.8 Å². The molecule has 1 aromatic rings. The molecule has 0 bridgehead atoms. The predicted molar refractivity (Wildman–Crippen MR) is 87.7 cm³/mol. The molecule has 0 aliphatic rings. The largest absolute Gasteiger partial charge is 0.456 e. The number of rotatable bonds is 4. The molecule has 5 heteroatoms. The Balaban J connectivity index is 2.79. The first-order valence-corrected chi connectivity index (χ1v) is 7.52. The number of esters is 1. The van der Waals surface area contributed by atoms with Crippen LogP contribution in [0.1, 0.15) is 33.3 Å². The predicted octanol–water partition coefficient (Wildman–Crippen LogP) is 2.69. The third-order valence-corrected chi connectivity index (χ3v) is 2.60. The zero-order valence-electron chi connectivity index (χ0n) is 14.0. The normalized spacial score (nSPS) is 11.7. The van der Waals surface area contributed by atoms with Crippen LogP contribution < -0.4 is 5.32 Å². The van der Waals surface area contributed by atoms with E-state index in [-0.39, 0.29) is 6.61 Å². The molecule has 0 aromatic heterocycles. The van der Waals surface area contributed by atoms with Crippen molar-refractivity contribution >= 4 is 12.1 Å². The minimum absolute atomic E-state index is 0.260. The zero-order chi connectivity index (χ0) is 17.3. The summed E-state index contributed by atoms with van der Waals surface area (Å²) in [7, 11) is 0. The minimum Gasteiger partial charge on any atom is -0.456 e. The lowest BCUT2D eigenvalue weighted by Crippen LogP contribution is -2.39. The molecule has 1 rings (SSSR count). The van der Waals surface area contributed by atoms with Crippen LogP contribution in [0.25, 0.3) is 0 Å². The van der Waals surface area contributed by atoms with Crippen molar-refractivity contribution in [1.82, 2.24) is 5.32 Å². The summed E-state index contributed by atoms with van der Waals surface area (Å²) in [6.07, 6.45) is -0.108. The van der Waals surface area contributed by atoms with Crippen LogP contribution in [0.15, 0.2) is 30.3 Å². The van der Waals surface area contributed by atoms with E-state index in [1.54, 1.807) is 27.7 Å². The van der Waals surface area contributed by atoms with Crippen molar-refractivity contribution in [3.63, 3.8) is 0 Å². The molecule has 0 unspecified atom stereocenters. The smallest absolute Gasteiger partial charge is 0.408 e. The molecule has 5 nitrogen and oxygen atoms in total. The Morgan fingerprint density at radius 3 is 2.43 bits per heavy atom. The SMILES string of the molecule is CCOC(=O)C#C[C@H](Cc1ccccc1)NC(=O)OC(C)(C)C. The second-order valence-electron chi connectivity index (χ2n) is 5.88. The van der Waals surface area contributed by atoms with E-state index in [1.807, 2.05) is 30.3 Å². The highest BCUT2D eigenvalue weighted by atomic mass is 16.6. The molecular weight excluding hydrogens is 294 g/mol. The van der Waals surface area contributed by atoms with E-state index in [2.05, 4.69) is 17.2 Å². The third kappa shape index (κ3) is 8.52. The molecule has 124 valence electrons. The average molecular weight is 317 g/mol. The monoisotopic (exact) mass is 317 g/mol. The van der Waals surface area contributed by atoms with Crippen LogP contribution in [0.5, 0.6) is 0 Å². The van der Waals surface area contributed by atoms with Crippen LogP contribution in [0.3, 0.4) is 0 Å². The number of hydrogen-bond donors (Lipinski definition) is 1. The van der Waals surface area contributed by atoms with Crippen molar-refractivity contribution in [2.75, 3.05) is 6.61 Å². The Kier molecular flexibility index (Phi) is 7.14.